The maximum absolute atomic E-state index is 4.61. The molecule has 3 aromatic heterocycles. The van der Waals surface area contributed by atoms with Crippen molar-refractivity contribution in [2.45, 2.75) is 20.3 Å². The predicted molar refractivity (Wildman–Crippen MR) is 109 cm³/mol. The van der Waals surface area contributed by atoms with Crippen LogP contribution in [0.4, 0.5) is 5.82 Å². The number of aliphatic imine (C=N–C) groups is 1. The molecule has 0 saturated heterocycles. The molecular formula is C17H25N9S. The molecule has 0 unspecified atom stereocenters. The number of aryl methyl sites for hydroxylation is 2. The summed E-state index contributed by atoms with van der Waals surface area (Å²) in [7, 11) is 1.87. The molecule has 0 radical (unpaired) electrons. The second-order valence-electron chi connectivity index (χ2n) is 5.96. The van der Waals surface area contributed by atoms with Gasteiger partial charge in [0, 0.05) is 50.7 Å². The van der Waals surface area contributed by atoms with Gasteiger partial charge in [0.25, 0.3) is 0 Å². The van der Waals surface area contributed by atoms with E-state index < -0.39 is 0 Å². The number of guanidine groups is 1. The Morgan fingerprint density at radius 2 is 2.07 bits per heavy atom. The lowest BCUT2D eigenvalue weighted by Crippen LogP contribution is -2.39. The Hall–Kier alpha value is -2.75. The van der Waals surface area contributed by atoms with Gasteiger partial charge in [-0.25, -0.2) is 15.0 Å². The van der Waals surface area contributed by atoms with Gasteiger partial charge in [0.05, 0.1) is 16.6 Å². The van der Waals surface area contributed by atoms with Gasteiger partial charge in [0.2, 0.25) is 0 Å². The van der Waals surface area contributed by atoms with Gasteiger partial charge in [-0.3, -0.25) is 9.67 Å². The zero-order chi connectivity index (χ0) is 19.1. The lowest BCUT2D eigenvalue weighted by Gasteiger charge is -2.12. The van der Waals surface area contributed by atoms with Gasteiger partial charge < -0.3 is 16.0 Å². The molecule has 3 aromatic rings. The van der Waals surface area contributed by atoms with Crippen LogP contribution in [0.5, 0.6) is 0 Å². The third kappa shape index (κ3) is 5.13. The minimum absolute atomic E-state index is 0.705. The molecule has 0 saturated carbocycles. The summed E-state index contributed by atoms with van der Waals surface area (Å²) < 4.78 is 1.74. The Morgan fingerprint density at radius 1 is 1.19 bits per heavy atom. The molecule has 3 N–H and O–H groups in total. The van der Waals surface area contributed by atoms with E-state index in [-0.39, 0.29) is 0 Å². The molecule has 0 spiro atoms. The van der Waals surface area contributed by atoms with Crippen molar-refractivity contribution in [3.8, 4) is 0 Å². The second kappa shape index (κ2) is 9.26. The maximum atomic E-state index is 4.61. The van der Waals surface area contributed by atoms with Crippen molar-refractivity contribution in [2.24, 2.45) is 12.0 Å². The number of aromatic nitrogens is 5. The van der Waals surface area contributed by atoms with E-state index in [9.17, 15) is 0 Å². The normalized spacial score (nSPS) is 11.7. The molecule has 3 rings (SSSR count). The number of nitrogens with one attached hydrogen (secondary N) is 3. The van der Waals surface area contributed by atoms with Crippen LogP contribution in [0, 0.1) is 6.92 Å². The quantitative estimate of drug-likeness (QED) is 0.304. The highest BCUT2D eigenvalue weighted by Gasteiger charge is 2.07. The summed E-state index contributed by atoms with van der Waals surface area (Å²) in [5, 5.41) is 16.2. The van der Waals surface area contributed by atoms with Gasteiger partial charge in [-0.15, -0.1) is 11.3 Å². The highest BCUT2D eigenvalue weighted by atomic mass is 32.1. The van der Waals surface area contributed by atoms with Crippen molar-refractivity contribution in [2.75, 3.05) is 31.5 Å². The highest BCUT2D eigenvalue weighted by molar-refractivity contribution is 7.11. The zero-order valence-corrected chi connectivity index (χ0v) is 16.7. The SMILES string of the molecule is CCNC(=NCCc1ncc(C)s1)NCCNc1ncnc2c1cnn2C. The van der Waals surface area contributed by atoms with Crippen LogP contribution in [-0.2, 0) is 13.5 Å². The molecule has 10 heteroatoms. The van der Waals surface area contributed by atoms with E-state index in [0.717, 1.165) is 40.8 Å². The molecular weight excluding hydrogens is 362 g/mol. The molecule has 27 heavy (non-hydrogen) atoms. The number of hydrogen-bond donors (Lipinski definition) is 3. The molecule has 0 aromatic carbocycles. The fourth-order valence-corrected chi connectivity index (χ4v) is 3.36. The number of nitrogens with zero attached hydrogens (tertiary/aromatic N) is 6. The smallest absolute Gasteiger partial charge is 0.191 e. The lowest BCUT2D eigenvalue weighted by molar-refractivity contribution is 0.785. The Balaban J connectivity index is 1.48. The third-order valence-electron chi connectivity index (χ3n) is 3.85. The summed E-state index contributed by atoms with van der Waals surface area (Å²) in [4.78, 5) is 18.8. The molecule has 0 atom stereocenters. The van der Waals surface area contributed by atoms with E-state index >= 15 is 0 Å². The number of hydrogen-bond acceptors (Lipinski definition) is 7. The molecule has 0 aliphatic carbocycles. The Kier molecular flexibility index (Phi) is 6.53. The molecule has 3 heterocycles. The summed E-state index contributed by atoms with van der Waals surface area (Å²) in [6, 6.07) is 0. The first-order chi connectivity index (χ1) is 13.2. The van der Waals surface area contributed by atoms with Crippen LogP contribution < -0.4 is 16.0 Å². The summed E-state index contributed by atoms with van der Waals surface area (Å²) in [6.07, 6.45) is 6.08. The van der Waals surface area contributed by atoms with Gasteiger partial charge >= 0.3 is 0 Å². The van der Waals surface area contributed by atoms with E-state index in [1.165, 1.54) is 4.88 Å². The van der Waals surface area contributed by atoms with Crippen molar-refractivity contribution in [3.05, 3.63) is 28.6 Å². The molecule has 0 amide bonds. The molecule has 144 valence electrons. The van der Waals surface area contributed by atoms with Crippen LogP contribution >= 0.6 is 11.3 Å². The van der Waals surface area contributed by atoms with Crippen LogP contribution in [0.2, 0.25) is 0 Å². The number of fused-ring (bicyclic) bond motifs is 1. The highest BCUT2D eigenvalue weighted by Crippen LogP contribution is 2.17. The van der Waals surface area contributed by atoms with Crippen molar-refractivity contribution in [1.29, 1.82) is 0 Å². The summed E-state index contributed by atoms with van der Waals surface area (Å²) in [5.41, 5.74) is 0.813. The lowest BCUT2D eigenvalue weighted by atomic mass is 10.4. The van der Waals surface area contributed by atoms with Crippen molar-refractivity contribution >= 4 is 34.1 Å². The van der Waals surface area contributed by atoms with E-state index in [1.807, 2.05) is 13.2 Å². The van der Waals surface area contributed by atoms with Gasteiger partial charge in [-0.2, -0.15) is 5.10 Å². The zero-order valence-electron chi connectivity index (χ0n) is 15.9. The molecule has 0 aliphatic rings. The van der Waals surface area contributed by atoms with Crippen molar-refractivity contribution < 1.29 is 0 Å². The van der Waals surface area contributed by atoms with Gasteiger partial charge in [-0.05, 0) is 13.8 Å². The van der Waals surface area contributed by atoms with Crippen LogP contribution in [0.25, 0.3) is 11.0 Å². The average molecular weight is 388 g/mol. The first-order valence-electron chi connectivity index (χ1n) is 8.97. The first kappa shape index (κ1) is 19.0. The molecule has 0 fully saturated rings. The van der Waals surface area contributed by atoms with Gasteiger partial charge in [0.1, 0.15) is 12.1 Å². The Labute approximate surface area is 162 Å². The van der Waals surface area contributed by atoms with Crippen LogP contribution in [0.1, 0.15) is 16.8 Å². The molecule has 0 bridgehead atoms. The number of rotatable bonds is 8. The fraction of sp³-hybridized carbons (Fsp3) is 0.471. The Morgan fingerprint density at radius 3 is 2.85 bits per heavy atom. The first-order valence-corrected chi connectivity index (χ1v) is 9.79. The average Bonchev–Trinajstić information content (AvgIpc) is 3.25. The van der Waals surface area contributed by atoms with Crippen LogP contribution in [-0.4, -0.2) is 56.9 Å². The summed E-state index contributed by atoms with van der Waals surface area (Å²) in [5.74, 6) is 1.60. The fourth-order valence-electron chi connectivity index (χ4n) is 2.59. The van der Waals surface area contributed by atoms with Gasteiger partial charge in [-0.1, -0.05) is 0 Å². The predicted octanol–water partition coefficient (Wildman–Crippen LogP) is 1.34. The second-order valence-corrected chi connectivity index (χ2v) is 7.28. The van der Waals surface area contributed by atoms with Crippen molar-refractivity contribution in [1.82, 2.24) is 35.4 Å². The maximum Gasteiger partial charge on any atom is 0.191 e. The Bertz CT molecular complexity index is 899. The van der Waals surface area contributed by atoms with E-state index in [2.05, 4.69) is 54.8 Å². The summed E-state index contributed by atoms with van der Waals surface area (Å²) >= 11 is 1.72. The molecule has 0 aliphatic heterocycles. The number of anilines is 1. The standard InChI is InChI=1S/C17H25N9S/c1-4-18-17(20-6-5-14-22-9-12(2)27-14)21-8-7-19-15-13-10-25-26(3)16(13)24-11-23-15/h9-11H,4-8H2,1-3H3,(H2,18,20,21)(H,19,23,24). The third-order valence-corrected chi connectivity index (χ3v) is 4.82. The summed E-state index contributed by atoms with van der Waals surface area (Å²) in [6.45, 7) is 7.07. The monoisotopic (exact) mass is 387 g/mol. The number of thiazole rings is 1. The topological polar surface area (TPSA) is 105 Å². The van der Waals surface area contributed by atoms with E-state index in [1.54, 1.807) is 28.5 Å². The molecule has 9 nitrogen and oxygen atoms in total. The van der Waals surface area contributed by atoms with E-state index in [4.69, 9.17) is 0 Å². The minimum atomic E-state index is 0.705. The van der Waals surface area contributed by atoms with E-state index in [0.29, 0.717) is 19.6 Å². The van der Waals surface area contributed by atoms with Crippen LogP contribution in [0.15, 0.2) is 23.7 Å². The van der Waals surface area contributed by atoms with Crippen LogP contribution in [0.3, 0.4) is 0 Å². The minimum Gasteiger partial charge on any atom is -0.368 e. The largest absolute Gasteiger partial charge is 0.368 e. The van der Waals surface area contributed by atoms with Gasteiger partial charge in [0.15, 0.2) is 11.6 Å². The van der Waals surface area contributed by atoms with Crippen molar-refractivity contribution in [3.63, 3.8) is 0 Å².